The molecule has 0 saturated heterocycles. The van der Waals surface area contributed by atoms with Crippen LogP contribution in [0.5, 0.6) is 11.5 Å². The van der Waals surface area contributed by atoms with E-state index < -0.39 is 70.1 Å². The summed E-state index contributed by atoms with van der Waals surface area (Å²) < 4.78 is 147. The first-order valence-electron chi connectivity index (χ1n) is 12.5. The maximum Gasteiger partial charge on any atom is 0.432 e. The van der Waals surface area contributed by atoms with Crippen LogP contribution in [0.3, 0.4) is 0 Å². The summed E-state index contributed by atoms with van der Waals surface area (Å²) in [4.78, 5) is 0. The molecule has 0 amide bonds. The van der Waals surface area contributed by atoms with Gasteiger partial charge in [0.2, 0.25) is 0 Å². The van der Waals surface area contributed by atoms with Gasteiger partial charge >= 0.3 is 12.3 Å². The first kappa shape index (κ1) is 31.5. The molecule has 2 nitrogen and oxygen atoms in total. The number of aryl methyl sites for hydroxylation is 1. The van der Waals surface area contributed by atoms with Crippen molar-refractivity contribution in [2.45, 2.75) is 32.1 Å². The summed E-state index contributed by atoms with van der Waals surface area (Å²) in [5, 5.41) is 0. The van der Waals surface area contributed by atoms with Gasteiger partial charge in [-0.2, -0.15) is 22.0 Å². The molecular weight excluding hydrogens is 594 g/mol. The van der Waals surface area contributed by atoms with E-state index in [0.29, 0.717) is 23.3 Å². The number of hydrogen-bond donors (Lipinski definition) is 0. The summed E-state index contributed by atoms with van der Waals surface area (Å²) in [6, 6.07) is 12.3. The first-order valence-corrected chi connectivity index (χ1v) is 12.5. The fourth-order valence-electron chi connectivity index (χ4n) is 4.17. The van der Waals surface area contributed by atoms with Crippen molar-refractivity contribution in [3.8, 4) is 33.8 Å². The van der Waals surface area contributed by atoms with Crippen LogP contribution in [0, 0.1) is 29.1 Å². The summed E-state index contributed by atoms with van der Waals surface area (Å²) in [7, 11) is 0. The van der Waals surface area contributed by atoms with Crippen LogP contribution < -0.4 is 9.47 Å². The van der Waals surface area contributed by atoms with Crippen molar-refractivity contribution in [1.82, 2.24) is 0 Å². The molecule has 0 spiro atoms. The minimum absolute atomic E-state index is 0.0794. The van der Waals surface area contributed by atoms with E-state index in [0.717, 1.165) is 24.5 Å². The van der Waals surface area contributed by atoms with E-state index in [1.54, 1.807) is 12.1 Å². The highest BCUT2D eigenvalue weighted by atomic mass is 19.4. The summed E-state index contributed by atoms with van der Waals surface area (Å²) in [6.45, 7) is 2.03. The molecule has 4 rings (SSSR count). The van der Waals surface area contributed by atoms with E-state index in [9.17, 15) is 43.9 Å². The van der Waals surface area contributed by atoms with Crippen molar-refractivity contribution >= 4 is 0 Å². The standard InChI is InChI=1S/C31H20F10O2/c1-2-3-17-4-6-18(7-5-17)19-8-9-22(23(32)12-19)20-13-24(33)28(25(34)14-20)31(40,41)43-21-15-26(35)29(27(36)16-21)42-11-10-30(37,38)39/h4-16H,2-3H2,1H3/b11-10+. The van der Waals surface area contributed by atoms with Crippen LogP contribution in [0.1, 0.15) is 24.5 Å². The lowest BCUT2D eigenvalue weighted by molar-refractivity contribution is -0.189. The molecule has 0 saturated carbocycles. The fraction of sp³-hybridized carbons (Fsp3) is 0.161. The Kier molecular flexibility index (Phi) is 9.07. The number of alkyl halides is 5. The molecule has 0 bridgehead atoms. The Morgan fingerprint density at radius 2 is 1.21 bits per heavy atom. The van der Waals surface area contributed by atoms with Crippen LogP contribution in [0.15, 0.2) is 79.1 Å². The monoisotopic (exact) mass is 614 g/mol. The van der Waals surface area contributed by atoms with Crippen LogP contribution in [-0.2, 0) is 12.5 Å². The van der Waals surface area contributed by atoms with Crippen LogP contribution in [0.4, 0.5) is 43.9 Å². The molecule has 0 fully saturated rings. The van der Waals surface area contributed by atoms with Crippen LogP contribution >= 0.6 is 0 Å². The number of allylic oxidation sites excluding steroid dienone is 1. The van der Waals surface area contributed by atoms with Gasteiger partial charge in [-0.15, -0.1) is 0 Å². The third kappa shape index (κ3) is 7.49. The Morgan fingerprint density at radius 1 is 0.651 bits per heavy atom. The van der Waals surface area contributed by atoms with Crippen molar-refractivity contribution in [3.05, 3.63) is 119 Å². The Balaban J connectivity index is 1.58. The minimum Gasteiger partial charge on any atom is -0.459 e. The maximum atomic E-state index is 15.0. The van der Waals surface area contributed by atoms with Crippen molar-refractivity contribution < 1.29 is 53.4 Å². The molecule has 43 heavy (non-hydrogen) atoms. The topological polar surface area (TPSA) is 18.5 Å². The second kappa shape index (κ2) is 12.4. The average Bonchev–Trinajstić information content (AvgIpc) is 2.89. The normalized spacial score (nSPS) is 12.2. The molecule has 0 aliphatic carbocycles. The molecule has 4 aromatic rings. The lowest BCUT2D eigenvalue weighted by atomic mass is 9.97. The Morgan fingerprint density at radius 3 is 1.74 bits per heavy atom. The van der Waals surface area contributed by atoms with Crippen LogP contribution in [0.25, 0.3) is 22.3 Å². The summed E-state index contributed by atoms with van der Waals surface area (Å²) in [5.41, 5.74) is -0.404. The largest absolute Gasteiger partial charge is 0.459 e. The zero-order valence-corrected chi connectivity index (χ0v) is 22.0. The molecule has 226 valence electrons. The summed E-state index contributed by atoms with van der Waals surface area (Å²) in [6.07, 6.45) is -8.45. The second-order valence-corrected chi connectivity index (χ2v) is 9.25. The molecule has 0 atom stereocenters. The number of benzene rings is 4. The lowest BCUT2D eigenvalue weighted by Gasteiger charge is -2.20. The van der Waals surface area contributed by atoms with Gasteiger partial charge in [-0.1, -0.05) is 49.7 Å². The van der Waals surface area contributed by atoms with Gasteiger partial charge < -0.3 is 9.47 Å². The minimum atomic E-state index is -4.86. The van der Waals surface area contributed by atoms with E-state index in [-0.39, 0.29) is 24.0 Å². The molecule has 0 unspecified atom stereocenters. The third-order valence-corrected chi connectivity index (χ3v) is 6.10. The molecule has 4 aromatic carbocycles. The molecule has 12 heteroatoms. The highest BCUT2D eigenvalue weighted by Gasteiger charge is 2.41. The zero-order chi connectivity index (χ0) is 31.5. The van der Waals surface area contributed by atoms with Gasteiger partial charge in [-0.3, -0.25) is 0 Å². The number of ether oxygens (including phenoxy) is 2. The van der Waals surface area contributed by atoms with Gasteiger partial charge in [0.15, 0.2) is 17.4 Å². The highest BCUT2D eigenvalue weighted by Crippen LogP contribution is 2.39. The summed E-state index contributed by atoms with van der Waals surface area (Å²) >= 11 is 0. The predicted octanol–water partition coefficient (Wildman–Crippen LogP) is 10.3. The van der Waals surface area contributed by atoms with Crippen molar-refractivity contribution in [3.63, 3.8) is 0 Å². The molecule has 0 aliphatic rings. The molecule has 0 radical (unpaired) electrons. The molecular formula is C31H20F10O2. The molecule has 0 aromatic heterocycles. The third-order valence-electron chi connectivity index (χ3n) is 6.10. The smallest absolute Gasteiger partial charge is 0.432 e. The number of halogens is 10. The van der Waals surface area contributed by atoms with Crippen molar-refractivity contribution in [1.29, 1.82) is 0 Å². The van der Waals surface area contributed by atoms with Gasteiger partial charge in [0.05, 0.1) is 12.3 Å². The number of hydrogen-bond acceptors (Lipinski definition) is 2. The van der Waals surface area contributed by atoms with Gasteiger partial charge in [-0.05, 0) is 46.9 Å². The predicted molar refractivity (Wildman–Crippen MR) is 138 cm³/mol. The average molecular weight is 614 g/mol. The fourth-order valence-corrected chi connectivity index (χ4v) is 4.17. The quantitative estimate of drug-likeness (QED) is 0.138. The first-order chi connectivity index (χ1) is 20.2. The van der Waals surface area contributed by atoms with E-state index in [1.165, 1.54) is 12.1 Å². The lowest BCUT2D eigenvalue weighted by Crippen LogP contribution is -2.25. The highest BCUT2D eigenvalue weighted by molar-refractivity contribution is 5.71. The maximum absolute atomic E-state index is 15.0. The van der Waals surface area contributed by atoms with E-state index in [1.807, 2.05) is 19.1 Å². The van der Waals surface area contributed by atoms with Crippen LogP contribution in [-0.4, -0.2) is 6.18 Å². The SMILES string of the molecule is CCCc1ccc(-c2ccc(-c3cc(F)c(C(F)(F)Oc4cc(F)c(O/C=C/C(F)(F)F)c(F)c4)c(F)c3)c(F)c2)cc1. The number of rotatable bonds is 9. The van der Waals surface area contributed by atoms with Crippen LogP contribution in [0.2, 0.25) is 0 Å². The summed E-state index contributed by atoms with van der Waals surface area (Å²) in [5.74, 6) is -10.7. The second-order valence-electron chi connectivity index (χ2n) is 9.25. The van der Waals surface area contributed by atoms with Crippen molar-refractivity contribution in [2.24, 2.45) is 0 Å². The Bertz CT molecular complexity index is 1600. The van der Waals surface area contributed by atoms with Gasteiger partial charge in [0, 0.05) is 17.7 Å². The van der Waals surface area contributed by atoms with E-state index in [2.05, 4.69) is 9.47 Å². The van der Waals surface area contributed by atoms with Gasteiger partial charge in [-0.25, -0.2) is 22.0 Å². The Hall–Kier alpha value is -4.48. The zero-order valence-electron chi connectivity index (χ0n) is 22.0. The van der Waals surface area contributed by atoms with E-state index in [4.69, 9.17) is 0 Å². The van der Waals surface area contributed by atoms with Crippen molar-refractivity contribution in [2.75, 3.05) is 0 Å². The Labute approximate surface area is 238 Å². The van der Waals surface area contributed by atoms with E-state index >= 15 is 0 Å². The van der Waals surface area contributed by atoms with Gasteiger partial charge in [0.25, 0.3) is 0 Å². The molecule has 0 heterocycles. The van der Waals surface area contributed by atoms with Gasteiger partial charge in [0.1, 0.15) is 28.8 Å². The molecule has 0 N–H and O–H groups in total. The molecule has 0 aliphatic heterocycles.